The average molecular weight is 421 g/mol. The Morgan fingerprint density at radius 3 is 2.84 bits per heavy atom. The summed E-state index contributed by atoms with van der Waals surface area (Å²) in [6.07, 6.45) is 10.7. The number of hydrogen-bond acceptors (Lipinski definition) is 7. The Bertz CT molecular complexity index is 969. The van der Waals surface area contributed by atoms with Gasteiger partial charge in [0.25, 0.3) is 5.91 Å². The van der Waals surface area contributed by atoms with E-state index < -0.39 is 0 Å². The number of anilines is 2. The molecule has 31 heavy (non-hydrogen) atoms. The van der Waals surface area contributed by atoms with Crippen molar-refractivity contribution < 1.29 is 4.79 Å². The molecule has 9 nitrogen and oxygen atoms in total. The summed E-state index contributed by atoms with van der Waals surface area (Å²) in [5, 5.41) is 10.6. The number of aliphatic imine (C=N–C) groups is 1. The number of likely N-dealkylation sites (tertiary alicyclic amines) is 1. The van der Waals surface area contributed by atoms with Gasteiger partial charge in [-0.3, -0.25) is 14.5 Å². The largest absolute Gasteiger partial charge is 0.367 e. The number of nitrogens with one attached hydrogen (secondary N) is 2. The molecule has 0 aliphatic carbocycles. The fourth-order valence-electron chi connectivity index (χ4n) is 3.71. The molecule has 0 unspecified atom stereocenters. The topological polar surface area (TPSA) is 90.7 Å². The lowest BCUT2D eigenvalue weighted by Crippen LogP contribution is -2.46. The molecule has 0 bridgehead atoms. The maximum absolute atomic E-state index is 13.0. The van der Waals surface area contributed by atoms with Gasteiger partial charge in [-0.15, -0.1) is 0 Å². The molecule has 9 heteroatoms. The maximum atomic E-state index is 13.0. The van der Waals surface area contributed by atoms with Crippen molar-refractivity contribution in [2.75, 3.05) is 49.5 Å². The highest BCUT2D eigenvalue weighted by Gasteiger charge is 2.29. The fourth-order valence-corrected chi connectivity index (χ4v) is 3.71. The summed E-state index contributed by atoms with van der Waals surface area (Å²) in [6, 6.07) is 4.15. The molecule has 0 saturated carbocycles. The molecule has 4 rings (SSSR count). The van der Waals surface area contributed by atoms with Crippen molar-refractivity contribution in [3.05, 3.63) is 61.5 Å². The SMILES string of the molecule is C=C(/N=C(\C=C/C)C(=O)Nc1cnccc1N1CCNCC1)N1CC(n2cccn2)C1. The molecular weight excluding hydrogens is 392 g/mol. The normalized spacial score (nSPS) is 17.6. The third kappa shape index (κ3) is 4.83. The van der Waals surface area contributed by atoms with E-state index in [2.05, 4.69) is 37.2 Å². The van der Waals surface area contributed by atoms with E-state index in [0.717, 1.165) is 45.0 Å². The number of carbonyl (C=O) groups excluding carboxylic acids is 1. The standard InChI is InChI=1S/C22H28N8O/c1-3-5-19(26-17(2)29-15-18(16-29)30-11-4-7-25-30)22(31)27-20-14-24-8-6-21(20)28-12-9-23-10-13-28/h3-8,11,14,18,23H,2,9-10,12-13,15-16H2,1H3,(H,27,31)/b5-3-,26-19+. The van der Waals surface area contributed by atoms with Crippen LogP contribution in [0.2, 0.25) is 0 Å². The predicted octanol–water partition coefficient (Wildman–Crippen LogP) is 1.67. The summed E-state index contributed by atoms with van der Waals surface area (Å²) >= 11 is 0. The van der Waals surface area contributed by atoms with E-state index in [-0.39, 0.29) is 5.91 Å². The minimum absolute atomic E-state index is 0.284. The van der Waals surface area contributed by atoms with Crippen LogP contribution in [0.3, 0.4) is 0 Å². The Kier molecular flexibility index (Phi) is 6.42. The zero-order chi connectivity index (χ0) is 21.6. The van der Waals surface area contributed by atoms with E-state index in [0.29, 0.717) is 23.3 Å². The molecule has 2 aliphatic rings. The first-order valence-corrected chi connectivity index (χ1v) is 10.5. The van der Waals surface area contributed by atoms with Crippen molar-refractivity contribution >= 4 is 23.0 Å². The van der Waals surface area contributed by atoms with Gasteiger partial charge in [-0.05, 0) is 25.1 Å². The Morgan fingerprint density at radius 1 is 1.32 bits per heavy atom. The summed E-state index contributed by atoms with van der Waals surface area (Å²) in [5.41, 5.74) is 1.96. The lowest BCUT2D eigenvalue weighted by molar-refractivity contribution is -0.110. The smallest absolute Gasteiger partial charge is 0.274 e. The molecule has 4 heterocycles. The van der Waals surface area contributed by atoms with Gasteiger partial charge in [-0.1, -0.05) is 12.7 Å². The Hall–Kier alpha value is -3.46. The molecule has 2 saturated heterocycles. The first kappa shape index (κ1) is 20.8. The summed E-state index contributed by atoms with van der Waals surface area (Å²) in [4.78, 5) is 26.0. The molecule has 2 aromatic heterocycles. The van der Waals surface area contributed by atoms with E-state index in [9.17, 15) is 4.79 Å². The summed E-state index contributed by atoms with van der Waals surface area (Å²) in [6.45, 7) is 11.0. The van der Waals surface area contributed by atoms with Crippen LogP contribution in [0.1, 0.15) is 13.0 Å². The number of rotatable bonds is 7. The highest BCUT2D eigenvalue weighted by atomic mass is 16.1. The van der Waals surface area contributed by atoms with E-state index >= 15 is 0 Å². The third-order valence-electron chi connectivity index (χ3n) is 5.44. The van der Waals surface area contributed by atoms with Crippen molar-refractivity contribution in [1.82, 2.24) is 25.0 Å². The van der Waals surface area contributed by atoms with E-state index in [4.69, 9.17) is 0 Å². The van der Waals surface area contributed by atoms with Crippen LogP contribution in [0.4, 0.5) is 11.4 Å². The fraction of sp³-hybridized carbons (Fsp3) is 0.364. The molecular formula is C22H28N8O. The zero-order valence-electron chi connectivity index (χ0n) is 17.7. The second-order valence-corrected chi connectivity index (χ2v) is 7.54. The highest BCUT2D eigenvalue weighted by Crippen LogP contribution is 2.26. The van der Waals surface area contributed by atoms with E-state index in [1.165, 1.54) is 0 Å². The Morgan fingerprint density at radius 2 is 2.13 bits per heavy atom. The monoisotopic (exact) mass is 420 g/mol. The van der Waals surface area contributed by atoms with Gasteiger partial charge < -0.3 is 20.4 Å². The summed E-state index contributed by atoms with van der Waals surface area (Å²) in [7, 11) is 0. The van der Waals surface area contributed by atoms with Gasteiger partial charge in [0.1, 0.15) is 11.5 Å². The second-order valence-electron chi connectivity index (χ2n) is 7.54. The van der Waals surface area contributed by atoms with E-state index in [1.54, 1.807) is 30.7 Å². The Balaban J connectivity index is 1.44. The number of pyridine rings is 1. The van der Waals surface area contributed by atoms with Gasteiger partial charge in [0, 0.05) is 57.9 Å². The molecule has 2 aliphatic heterocycles. The molecule has 2 fully saturated rings. The van der Waals surface area contributed by atoms with Crippen molar-refractivity contribution in [2.45, 2.75) is 13.0 Å². The first-order chi connectivity index (χ1) is 15.2. The molecule has 2 aromatic rings. The molecule has 0 aromatic carbocycles. The van der Waals surface area contributed by atoms with Crippen molar-refractivity contribution in [3.63, 3.8) is 0 Å². The summed E-state index contributed by atoms with van der Waals surface area (Å²) in [5.74, 6) is 0.285. The summed E-state index contributed by atoms with van der Waals surface area (Å²) < 4.78 is 1.94. The maximum Gasteiger partial charge on any atom is 0.274 e. The van der Waals surface area contributed by atoms with Gasteiger partial charge in [0.15, 0.2) is 0 Å². The number of amides is 1. The van der Waals surface area contributed by atoms with Crippen LogP contribution in [0.15, 0.2) is 66.5 Å². The zero-order valence-corrected chi connectivity index (χ0v) is 17.7. The third-order valence-corrected chi connectivity index (χ3v) is 5.44. The molecule has 162 valence electrons. The highest BCUT2D eigenvalue weighted by molar-refractivity contribution is 6.47. The second kappa shape index (κ2) is 9.57. The van der Waals surface area contributed by atoms with Crippen LogP contribution in [-0.2, 0) is 4.79 Å². The number of hydrogen-bond donors (Lipinski definition) is 2. The molecule has 0 spiro atoms. The van der Waals surface area contributed by atoms with Crippen molar-refractivity contribution in [2.24, 2.45) is 4.99 Å². The van der Waals surface area contributed by atoms with Gasteiger partial charge >= 0.3 is 0 Å². The number of aromatic nitrogens is 3. The van der Waals surface area contributed by atoms with Crippen molar-refractivity contribution in [1.29, 1.82) is 0 Å². The molecule has 0 atom stereocenters. The van der Waals surface area contributed by atoms with Crippen LogP contribution in [0.5, 0.6) is 0 Å². The molecule has 0 radical (unpaired) electrons. The quantitative estimate of drug-likeness (QED) is 0.663. The average Bonchev–Trinajstić information content (AvgIpc) is 3.27. The molecule has 2 N–H and O–H groups in total. The molecule has 1 amide bonds. The number of carbonyl (C=O) groups is 1. The van der Waals surface area contributed by atoms with Crippen LogP contribution in [0, 0.1) is 0 Å². The minimum Gasteiger partial charge on any atom is -0.367 e. The Labute approximate surface area is 182 Å². The first-order valence-electron chi connectivity index (χ1n) is 10.5. The van der Waals surface area contributed by atoms with Gasteiger partial charge in [0.05, 0.1) is 23.6 Å². The lowest BCUT2D eigenvalue weighted by Gasteiger charge is -2.40. The predicted molar refractivity (Wildman–Crippen MR) is 122 cm³/mol. The van der Waals surface area contributed by atoms with Gasteiger partial charge in [-0.2, -0.15) is 5.10 Å². The minimum atomic E-state index is -0.284. The number of nitrogens with zero attached hydrogens (tertiary/aromatic N) is 6. The van der Waals surface area contributed by atoms with Crippen LogP contribution in [0.25, 0.3) is 0 Å². The van der Waals surface area contributed by atoms with Crippen molar-refractivity contribution in [3.8, 4) is 0 Å². The van der Waals surface area contributed by atoms with E-state index in [1.807, 2.05) is 34.8 Å². The number of piperazine rings is 1. The van der Waals surface area contributed by atoms with Gasteiger partial charge in [0.2, 0.25) is 0 Å². The van der Waals surface area contributed by atoms with Crippen LogP contribution in [-0.4, -0.2) is 70.6 Å². The van der Waals surface area contributed by atoms with Gasteiger partial charge in [-0.25, -0.2) is 4.99 Å². The van der Waals surface area contributed by atoms with Crippen LogP contribution >= 0.6 is 0 Å². The number of allylic oxidation sites excluding steroid dienone is 1. The lowest BCUT2D eigenvalue weighted by atomic mass is 10.1. The van der Waals surface area contributed by atoms with Crippen LogP contribution < -0.4 is 15.5 Å².